The van der Waals surface area contributed by atoms with Crippen LogP contribution in [-0.4, -0.2) is 43.4 Å². The van der Waals surface area contributed by atoms with Gasteiger partial charge in [0.25, 0.3) is 0 Å². The second kappa shape index (κ2) is 8.07. The summed E-state index contributed by atoms with van der Waals surface area (Å²) >= 11 is 1.21. The predicted octanol–water partition coefficient (Wildman–Crippen LogP) is 2.19. The van der Waals surface area contributed by atoms with Crippen molar-refractivity contribution in [3.63, 3.8) is 0 Å². The molecular weight excluding hydrogens is 502 g/mol. The van der Waals surface area contributed by atoms with Gasteiger partial charge < -0.3 is 9.52 Å². The zero-order valence-electron chi connectivity index (χ0n) is 17.5. The monoisotopic (exact) mass is 519 g/mol. The van der Waals surface area contributed by atoms with E-state index in [2.05, 4.69) is 19.9 Å². The molecular formula is C20H17N5O6S3. The van der Waals surface area contributed by atoms with Crippen molar-refractivity contribution in [3.05, 3.63) is 76.9 Å². The molecule has 2 aromatic carbocycles. The van der Waals surface area contributed by atoms with Crippen molar-refractivity contribution in [1.82, 2.24) is 24.6 Å². The molecule has 11 nitrogen and oxygen atoms in total. The first-order valence-electron chi connectivity index (χ1n) is 9.79. The third kappa shape index (κ3) is 4.34. The van der Waals surface area contributed by atoms with E-state index in [4.69, 9.17) is 4.42 Å². The van der Waals surface area contributed by atoms with Gasteiger partial charge in [-0.2, -0.15) is 8.42 Å². The van der Waals surface area contributed by atoms with E-state index in [-0.39, 0.29) is 28.9 Å². The summed E-state index contributed by atoms with van der Waals surface area (Å²) in [5.74, 6) is -0.877. The van der Waals surface area contributed by atoms with Crippen LogP contribution in [0.15, 0.2) is 64.5 Å². The minimum absolute atomic E-state index is 0.0796. The molecule has 0 radical (unpaired) electrons. The lowest BCUT2D eigenvalue weighted by molar-refractivity contribution is 0.381. The van der Waals surface area contributed by atoms with Crippen LogP contribution in [0.4, 0.5) is 0 Å². The number of aliphatic hydroxyl groups excluding tert-OH is 1. The highest BCUT2D eigenvalue weighted by molar-refractivity contribution is 7.91. The number of benzene rings is 2. The SMILES string of the molecule is CS(=O)(=O)C(c1nnc(CC2=C(O)NS(=O)(=O)N2)o1)c1nc2ccc(-c3ccccc3)cc2s1. The Morgan fingerprint density at radius 2 is 1.85 bits per heavy atom. The zero-order chi connectivity index (χ0) is 24.1. The van der Waals surface area contributed by atoms with Gasteiger partial charge in [-0.3, -0.25) is 4.72 Å². The number of nitrogens with zero attached hydrogens (tertiary/aromatic N) is 3. The number of aromatic nitrogens is 3. The lowest BCUT2D eigenvalue weighted by atomic mass is 10.1. The Morgan fingerprint density at radius 1 is 1.09 bits per heavy atom. The van der Waals surface area contributed by atoms with E-state index < -0.39 is 31.2 Å². The molecule has 1 unspecified atom stereocenters. The van der Waals surface area contributed by atoms with Crippen LogP contribution in [0, 0.1) is 0 Å². The Balaban J connectivity index is 1.49. The Labute approximate surface area is 198 Å². The normalized spacial score (nSPS) is 16.4. The molecule has 14 heteroatoms. The van der Waals surface area contributed by atoms with Crippen LogP contribution in [0.25, 0.3) is 21.3 Å². The lowest BCUT2D eigenvalue weighted by Crippen LogP contribution is -2.25. The number of allylic oxidation sites excluding steroid dienone is 1. The topological polar surface area (TPSA) is 164 Å². The quantitative estimate of drug-likeness (QED) is 0.346. The number of rotatable bonds is 6. The highest BCUT2D eigenvalue weighted by Crippen LogP contribution is 2.36. The van der Waals surface area contributed by atoms with Crippen molar-refractivity contribution >= 4 is 41.6 Å². The molecule has 5 rings (SSSR count). The summed E-state index contributed by atoms with van der Waals surface area (Å²) in [5, 5.41) is 16.4. The smallest absolute Gasteiger partial charge is 0.323 e. The number of aliphatic hydroxyl groups is 1. The first-order valence-corrected chi connectivity index (χ1v) is 14.0. The number of hydrogen-bond donors (Lipinski definition) is 3. The molecule has 34 heavy (non-hydrogen) atoms. The fourth-order valence-corrected chi connectivity index (χ4v) is 6.93. The molecule has 0 spiro atoms. The summed E-state index contributed by atoms with van der Waals surface area (Å²) < 4.78 is 58.7. The maximum atomic E-state index is 12.7. The van der Waals surface area contributed by atoms with E-state index in [1.165, 1.54) is 11.3 Å². The third-order valence-electron chi connectivity index (χ3n) is 4.97. The number of hydrogen-bond acceptors (Lipinski definition) is 10. The molecule has 2 aromatic heterocycles. The Bertz CT molecular complexity index is 1640. The molecule has 0 saturated heterocycles. The lowest BCUT2D eigenvalue weighted by Gasteiger charge is -2.07. The van der Waals surface area contributed by atoms with Gasteiger partial charge in [0.2, 0.25) is 17.7 Å². The fraction of sp³-hybridized carbons (Fsp3) is 0.150. The summed E-state index contributed by atoms with van der Waals surface area (Å²) in [6, 6.07) is 15.4. The van der Waals surface area contributed by atoms with Gasteiger partial charge in [0.05, 0.1) is 22.3 Å². The molecule has 176 valence electrons. The van der Waals surface area contributed by atoms with Crippen molar-refractivity contribution in [2.24, 2.45) is 0 Å². The molecule has 1 aliphatic rings. The average molecular weight is 520 g/mol. The highest BCUT2D eigenvalue weighted by Gasteiger charge is 2.34. The Morgan fingerprint density at radius 3 is 2.53 bits per heavy atom. The van der Waals surface area contributed by atoms with Crippen molar-refractivity contribution < 1.29 is 26.4 Å². The summed E-state index contributed by atoms with van der Waals surface area (Å²) in [5.41, 5.74) is 2.53. The van der Waals surface area contributed by atoms with E-state index in [1.807, 2.05) is 53.3 Å². The molecule has 1 aliphatic heterocycles. The molecule has 1 atom stereocenters. The van der Waals surface area contributed by atoms with Gasteiger partial charge in [-0.15, -0.1) is 21.5 Å². The first-order chi connectivity index (χ1) is 16.1. The molecule has 3 N–H and O–H groups in total. The molecule has 0 amide bonds. The van der Waals surface area contributed by atoms with Crippen molar-refractivity contribution in [3.8, 4) is 11.1 Å². The van der Waals surface area contributed by atoms with E-state index in [0.29, 0.717) is 5.52 Å². The maximum absolute atomic E-state index is 12.7. The van der Waals surface area contributed by atoms with Crippen molar-refractivity contribution in [1.29, 1.82) is 0 Å². The molecule has 0 fully saturated rings. The van der Waals surface area contributed by atoms with Gasteiger partial charge in [0.1, 0.15) is 5.01 Å². The number of nitrogens with one attached hydrogen (secondary N) is 2. The van der Waals surface area contributed by atoms with E-state index in [0.717, 1.165) is 22.1 Å². The largest absolute Gasteiger partial charge is 0.493 e. The van der Waals surface area contributed by atoms with Crippen LogP contribution >= 0.6 is 11.3 Å². The molecule has 3 heterocycles. The summed E-state index contributed by atoms with van der Waals surface area (Å²) in [6.07, 6.45) is 0.800. The van der Waals surface area contributed by atoms with Gasteiger partial charge in [-0.1, -0.05) is 36.4 Å². The minimum Gasteiger partial charge on any atom is -0.493 e. The summed E-state index contributed by atoms with van der Waals surface area (Å²) in [7, 11) is -7.65. The number of fused-ring (bicyclic) bond motifs is 1. The minimum atomic E-state index is -3.90. The van der Waals surface area contributed by atoms with Crippen LogP contribution < -0.4 is 9.44 Å². The second-order valence-electron chi connectivity index (χ2n) is 7.56. The van der Waals surface area contributed by atoms with Gasteiger partial charge >= 0.3 is 10.2 Å². The van der Waals surface area contributed by atoms with Crippen molar-refractivity contribution in [2.75, 3.05) is 6.26 Å². The van der Waals surface area contributed by atoms with E-state index in [1.54, 1.807) is 0 Å². The Kier molecular flexibility index (Phi) is 5.30. The van der Waals surface area contributed by atoms with Crippen LogP contribution in [0.2, 0.25) is 0 Å². The van der Waals surface area contributed by atoms with Crippen LogP contribution in [0.5, 0.6) is 0 Å². The zero-order valence-corrected chi connectivity index (χ0v) is 19.9. The average Bonchev–Trinajstić information content (AvgIpc) is 3.45. The van der Waals surface area contributed by atoms with Gasteiger partial charge in [0, 0.05) is 6.26 Å². The standard InChI is InChI=1S/C20H17N5O6S3/c1-33(27,28)17(19-23-22-16(31-19)10-14-18(26)25-34(29,30)24-14)20-21-13-8-7-12(9-15(13)32-20)11-5-3-2-4-6-11/h2-9,17,24-26H,10H2,1H3. The number of thiazole rings is 1. The van der Waals surface area contributed by atoms with Gasteiger partial charge in [-0.05, 0) is 23.3 Å². The molecule has 0 aliphatic carbocycles. The fourth-order valence-electron chi connectivity index (χ4n) is 3.48. The van der Waals surface area contributed by atoms with Crippen LogP contribution in [0.3, 0.4) is 0 Å². The van der Waals surface area contributed by atoms with Crippen LogP contribution in [-0.2, 0) is 26.5 Å². The summed E-state index contributed by atoms with van der Waals surface area (Å²) in [4.78, 5) is 4.49. The number of sulfone groups is 1. The first kappa shape index (κ1) is 22.3. The highest BCUT2D eigenvalue weighted by atomic mass is 32.2. The molecule has 0 saturated carbocycles. The van der Waals surface area contributed by atoms with E-state index in [9.17, 15) is 21.9 Å². The second-order valence-corrected chi connectivity index (χ2v) is 12.2. The van der Waals surface area contributed by atoms with E-state index >= 15 is 0 Å². The summed E-state index contributed by atoms with van der Waals surface area (Å²) in [6.45, 7) is 0. The van der Waals surface area contributed by atoms with Crippen molar-refractivity contribution in [2.45, 2.75) is 11.7 Å². The predicted molar refractivity (Wildman–Crippen MR) is 125 cm³/mol. The van der Waals surface area contributed by atoms with Gasteiger partial charge in [0.15, 0.2) is 15.1 Å². The third-order valence-corrected chi connectivity index (χ3v) is 8.46. The van der Waals surface area contributed by atoms with Crippen LogP contribution in [0.1, 0.15) is 22.0 Å². The van der Waals surface area contributed by atoms with Gasteiger partial charge in [-0.25, -0.2) is 18.1 Å². The maximum Gasteiger partial charge on any atom is 0.323 e. The molecule has 4 aromatic rings. The Hall–Kier alpha value is -3.49. The molecule has 0 bridgehead atoms.